The third-order valence-electron chi connectivity index (χ3n) is 3.55. The smallest absolute Gasteiger partial charge is 0.339 e. The zero-order valence-electron chi connectivity index (χ0n) is 12.4. The van der Waals surface area contributed by atoms with Gasteiger partial charge in [-0.1, -0.05) is 18.2 Å². The number of nitrogens with one attached hydrogen (secondary N) is 1. The third kappa shape index (κ3) is 2.91. The van der Waals surface area contributed by atoms with Crippen molar-refractivity contribution in [2.75, 3.05) is 0 Å². The van der Waals surface area contributed by atoms with Gasteiger partial charge in [-0.15, -0.1) is 0 Å². The molecule has 1 aromatic carbocycles. The summed E-state index contributed by atoms with van der Waals surface area (Å²) in [6.45, 7) is 1.53. The number of para-hydroxylation sites is 1. The minimum absolute atomic E-state index is 0.218. The van der Waals surface area contributed by atoms with Crippen molar-refractivity contribution in [3.63, 3.8) is 0 Å². The predicted molar refractivity (Wildman–Crippen MR) is 82.9 cm³/mol. The summed E-state index contributed by atoms with van der Waals surface area (Å²) in [6.07, 6.45) is 3.08. The molecule has 0 unspecified atom stereocenters. The van der Waals surface area contributed by atoms with Crippen molar-refractivity contribution in [1.82, 2.24) is 4.98 Å². The molecular formula is C17H14N2O4. The first-order valence-electron chi connectivity index (χ1n) is 7.06. The van der Waals surface area contributed by atoms with E-state index >= 15 is 0 Å². The van der Waals surface area contributed by atoms with Gasteiger partial charge < -0.3 is 14.9 Å². The van der Waals surface area contributed by atoms with Crippen LogP contribution in [0.3, 0.4) is 0 Å². The molecule has 2 aromatic heterocycles. The molecule has 0 aliphatic rings. The highest BCUT2D eigenvalue weighted by molar-refractivity contribution is 6.10. The number of hydrogen-bond acceptors (Lipinski definition) is 4. The highest BCUT2D eigenvalue weighted by atomic mass is 16.5. The molecule has 0 saturated heterocycles. The van der Waals surface area contributed by atoms with E-state index in [0.717, 1.165) is 10.9 Å². The first-order chi connectivity index (χ1) is 11.1. The Labute approximate surface area is 131 Å². The van der Waals surface area contributed by atoms with Crippen LogP contribution in [0.5, 0.6) is 0 Å². The van der Waals surface area contributed by atoms with Crippen LogP contribution in [0.4, 0.5) is 0 Å². The van der Waals surface area contributed by atoms with Crippen molar-refractivity contribution < 1.29 is 19.1 Å². The zero-order valence-corrected chi connectivity index (χ0v) is 12.4. The van der Waals surface area contributed by atoms with Gasteiger partial charge in [0.1, 0.15) is 0 Å². The fourth-order valence-corrected chi connectivity index (χ4v) is 2.33. The summed E-state index contributed by atoms with van der Waals surface area (Å²) in [7, 11) is 0. The molecule has 23 heavy (non-hydrogen) atoms. The summed E-state index contributed by atoms with van der Waals surface area (Å²) in [6, 6.07) is 10.1. The fraction of sp³-hybridized carbons (Fsp3) is 0.118. The maximum atomic E-state index is 12.5. The van der Waals surface area contributed by atoms with Crippen LogP contribution in [0.1, 0.15) is 27.6 Å². The number of rotatable bonds is 4. The minimum atomic E-state index is -0.929. The average Bonchev–Trinajstić information content (AvgIpc) is 2.98. The van der Waals surface area contributed by atoms with Crippen molar-refractivity contribution in [2.45, 2.75) is 13.0 Å². The van der Waals surface area contributed by atoms with E-state index in [1.807, 2.05) is 24.3 Å². The first-order valence-corrected chi connectivity index (χ1v) is 7.06. The largest absolute Gasteiger partial charge is 0.619 e. The van der Waals surface area contributed by atoms with E-state index in [2.05, 4.69) is 4.98 Å². The lowest BCUT2D eigenvalue weighted by molar-refractivity contribution is -0.605. The normalized spacial score (nSPS) is 12.0. The van der Waals surface area contributed by atoms with Gasteiger partial charge in [0.05, 0.1) is 5.56 Å². The molecule has 0 spiro atoms. The van der Waals surface area contributed by atoms with Gasteiger partial charge >= 0.3 is 5.97 Å². The highest BCUT2D eigenvalue weighted by Crippen LogP contribution is 2.20. The molecule has 116 valence electrons. The van der Waals surface area contributed by atoms with Gasteiger partial charge in [0, 0.05) is 34.8 Å². The summed E-state index contributed by atoms with van der Waals surface area (Å²) in [5.74, 6) is -0.933. The van der Waals surface area contributed by atoms with Gasteiger partial charge in [0.15, 0.2) is 18.5 Å². The van der Waals surface area contributed by atoms with Crippen LogP contribution < -0.4 is 4.73 Å². The Morgan fingerprint density at radius 1 is 1.17 bits per heavy atom. The molecule has 0 saturated carbocycles. The molecule has 0 amide bonds. The molecular weight excluding hydrogens is 296 g/mol. The molecule has 2 heterocycles. The lowest BCUT2D eigenvalue weighted by Crippen LogP contribution is -2.27. The quantitative estimate of drug-likeness (QED) is 0.346. The summed E-state index contributed by atoms with van der Waals surface area (Å²) in [5, 5.41) is 11.7. The van der Waals surface area contributed by atoms with Crippen LogP contribution in [0.25, 0.3) is 10.9 Å². The summed E-state index contributed by atoms with van der Waals surface area (Å²) >= 11 is 0. The van der Waals surface area contributed by atoms with Gasteiger partial charge in [0.2, 0.25) is 5.78 Å². The standard InChI is InChI=1S/C17H14N2O4/c1-11(23-17(21)12-6-8-19(22)9-7-12)16(20)14-10-18-15-5-3-2-4-13(14)15/h2-11,18H,1H3/t11-/m0/s1. The number of pyridine rings is 1. The monoisotopic (exact) mass is 310 g/mol. The van der Waals surface area contributed by atoms with Crippen LogP contribution in [0.15, 0.2) is 55.0 Å². The number of benzene rings is 1. The van der Waals surface area contributed by atoms with E-state index in [1.165, 1.54) is 31.5 Å². The van der Waals surface area contributed by atoms with Gasteiger partial charge in [-0.3, -0.25) is 4.79 Å². The van der Waals surface area contributed by atoms with Crippen LogP contribution >= 0.6 is 0 Å². The Hall–Kier alpha value is -3.15. The van der Waals surface area contributed by atoms with E-state index < -0.39 is 12.1 Å². The molecule has 0 aliphatic heterocycles. The summed E-state index contributed by atoms with van der Waals surface area (Å²) in [5.41, 5.74) is 1.54. The number of ketones is 1. The van der Waals surface area contributed by atoms with Crippen molar-refractivity contribution in [3.8, 4) is 0 Å². The highest BCUT2D eigenvalue weighted by Gasteiger charge is 2.23. The van der Waals surface area contributed by atoms with Gasteiger partial charge in [-0.25, -0.2) is 4.79 Å². The van der Waals surface area contributed by atoms with Gasteiger partial charge in [0.25, 0.3) is 0 Å². The average molecular weight is 310 g/mol. The van der Waals surface area contributed by atoms with Crippen LogP contribution in [0.2, 0.25) is 0 Å². The predicted octanol–water partition coefficient (Wildman–Crippen LogP) is 2.23. The topological polar surface area (TPSA) is 86.1 Å². The molecule has 6 heteroatoms. The Morgan fingerprint density at radius 3 is 2.61 bits per heavy atom. The number of aromatic nitrogens is 2. The number of H-pyrrole nitrogens is 1. The van der Waals surface area contributed by atoms with Crippen molar-refractivity contribution in [3.05, 3.63) is 71.3 Å². The molecule has 3 rings (SSSR count). The Balaban J connectivity index is 1.77. The number of nitrogens with zero attached hydrogens (tertiary/aromatic N) is 1. The molecule has 0 fully saturated rings. The molecule has 3 aromatic rings. The molecule has 0 aliphatic carbocycles. The Kier molecular flexibility index (Phi) is 3.80. The van der Waals surface area contributed by atoms with E-state index in [-0.39, 0.29) is 11.3 Å². The summed E-state index contributed by atoms with van der Waals surface area (Å²) < 4.78 is 5.76. The van der Waals surface area contributed by atoms with Crippen molar-refractivity contribution in [1.29, 1.82) is 0 Å². The maximum absolute atomic E-state index is 12.5. The number of ether oxygens (including phenoxy) is 1. The molecule has 6 nitrogen and oxygen atoms in total. The lowest BCUT2D eigenvalue weighted by atomic mass is 10.1. The number of esters is 1. The van der Waals surface area contributed by atoms with E-state index in [4.69, 9.17) is 4.74 Å². The van der Waals surface area contributed by atoms with Crippen LogP contribution in [0, 0.1) is 5.21 Å². The van der Waals surface area contributed by atoms with Crippen LogP contribution in [-0.4, -0.2) is 22.8 Å². The Morgan fingerprint density at radius 2 is 1.87 bits per heavy atom. The maximum Gasteiger partial charge on any atom is 0.339 e. The van der Waals surface area contributed by atoms with Crippen molar-refractivity contribution in [2.24, 2.45) is 0 Å². The first kappa shape index (κ1) is 14.8. The Bertz CT molecular complexity index is 868. The number of carbonyl (C=O) groups is 2. The zero-order chi connectivity index (χ0) is 16.4. The molecule has 1 N–H and O–H groups in total. The fourth-order valence-electron chi connectivity index (χ4n) is 2.33. The second-order valence-electron chi connectivity index (χ2n) is 5.11. The minimum Gasteiger partial charge on any atom is -0.619 e. The number of aromatic amines is 1. The van der Waals surface area contributed by atoms with Crippen LogP contribution in [-0.2, 0) is 4.74 Å². The number of hydrogen-bond donors (Lipinski definition) is 1. The number of Topliss-reactive ketones (excluding diaryl/α,β-unsaturated/α-hetero) is 1. The SMILES string of the molecule is C[C@H](OC(=O)c1cc[n+]([O-])cc1)C(=O)c1c[nH]c2ccccc12. The third-order valence-corrected chi connectivity index (χ3v) is 3.55. The van der Waals surface area contributed by atoms with E-state index in [0.29, 0.717) is 10.3 Å². The lowest BCUT2D eigenvalue weighted by Gasteiger charge is -2.11. The van der Waals surface area contributed by atoms with Gasteiger partial charge in [-0.05, 0) is 13.0 Å². The van der Waals surface area contributed by atoms with E-state index in [9.17, 15) is 14.8 Å². The molecule has 0 radical (unpaired) electrons. The molecule has 0 bridgehead atoms. The molecule has 1 atom stereocenters. The second kappa shape index (κ2) is 5.92. The second-order valence-corrected chi connectivity index (χ2v) is 5.11. The number of fused-ring (bicyclic) bond motifs is 1. The number of carbonyl (C=O) groups excluding carboxylic acids is 2. The van der Waals surface area contributed by atoms with Crippen molar-refractivity contribution >= 4 is 22.7 Å². The summed E-state index contributed by atoms with van der Waals surface area (Å²) in [4.78, 5) is 27.5. The van der Waals surface area contributed by atoms with E-state index in [1.54, 1.807) is 6.20 Å². The van der Waals surface area contributed by atoms with Gasteiger partial charge in [-0.2, -0.15) is 4.73 Å².